The monoisotopic (exact) mass is 249 g/mol. The van der Waals surface area contributed by atoms with Crippen molar-refractivity contribution in [1.82, 2.24) is 4.90 Å². The van der Waals surface area contributed by atoms with Gasteiger partial charge in [-0.1, -0.05) is 12.1 Å². The maximum absolute atomic E-state index is 11.8. The zero-order valence-corrected chi connectivity index (χ0v) is 10.4. The van der Waals surface area contributed by atoms with E-state index < -0.39 is 11.9 Å². The molecule has 0 radical (unpaired) electrons. The van der Waals surface area contributed by atoms with E-state index in [4.69, 9.17) is 4.74 Å². The van der Waals surface area contributed by atoms with Crippen LogP contribution in [0.2, 0.25) is 0 Å². The second-order valence-electron chi connectivity index (χ2n) is 4.18. The molecule has 5 heteroatoms. The maximum atomic E-state index is 11.8. The van der Waals surface area contributed by atoms with E-state index >= 15 is 0 Å². The van der Waals surface area contributed by atoms with E-state index in [0.29, 0.717) is 19.7 Å². The van der Waals surface area contributed by atoms with Crippen molar-refractivity contribution in [1.29, 1.82) is 0 Å². The summed E-state index contributed by atoms with van der Waals surface area (Å²) < 4.78 is 10.0. The minimum Gasteiger partial charge on any atom is -0.491 e. The zero-order valence-electron chi connectivity index (χ0n) is 10.4. The van der Waals surface area contributed by atoms with Gasteiger partial charge in [-0.3, -0.25) is 4.79 Å². The van der Waals surface area contributed by atoms with E-state index in [1.807, 2.05) is 25.1 Å². The summed E-state index contributed by atoms with van der Waals surface area (Å²) in [6.45, 7) is 3.09. The van der Waals surface area contributed by atoms with Crippen LogP contribution < -0.4 is 4.74 Å². The molecule has 1 aliphatic heterocycles. The highest BCUT2D eigenvalue weighted by Gasteiger charge is 2.25. The molecule has 0 bridgehead atoms. The third-order valence-corrected chi connectivity index (χ3v) is 2.85. The number of nitrogens with zero attached hydrogens (tertiary/aromatic N) is 1. The molecule has 0 fully saturated rings. The molecule has 0 spiro atoms. The fraction of sp³-hybridized carbons (Fsp3) is 0.385. The third-order valence-electron chi connectivity index (χ3n) is 2.85. The Hall–Kier alpha value is -2.04. The first-order valence-electron chi connectivity index (χ1n) is 5.71. The van der Waals surface area contributed by atoms with Crippen LogP contribution in [0.4, 0.5) is 0 Å². The molecular formula is C13H15NO4. The quantitative estimate of drug-likeness (QED) is 0.506. The van der Waals surface area contributed by atoms with Crippen molar-refractivity contribution in [2.45, 2.75) is 13.5 Å². The predicted molar refractivity (Wildman–Crippen MR) is 64.1 cm³/mol. The van der Waals surface area contributed by atoms with Gasteiger partial charge in [0.05, 0.1) is 13.7 Å². The molecule has 1 heterocycles. The molecule has 5 nitrogen and oxygen atoms in total. The number of methoxy groups -OCH3 is 1. The summed E-state index contributed by atoms with van der Waals surface area (Å²) in [5, 5.41) is 0. The van der Waals surface area contributed by atoms with Gasteiger partial charge in [0, 0.05) is 12.1 Å². The second kappa shape index (κ2) is 5.08. The summed E-state index contributed by atoms with van der Waals surface area (Å²) in [4.78, 5) is 24.4. The minimum absolute atomic E-state index is 0.365. The molecule has 0 unspecified atom stereocenters. The Morgan fingerprint density at radius 3 is 2.89 bits per heavy atom. The number of aryl methyl sites for hydroxylation is 1. The van der Waals surface area contributed by atoms with Crippen LogP contribution in [-0.4, -0.2) is 37.0 Å². The maximum Gasteiger partial charge on any atom is 0.396 e. The normalized spacial score (nSPS) is 14.2. The largest absolute Gasteiger partial charge is 0.491 e. The van der Waals surface area contributed by atoms with E-state index in [1.165, 1.54) is 12.0 Å². The molecule has 0 aliphatic carbocycles. The molecule has 1 aliphatic rings. The highest BCUT2D eigenvalue weighted by molar-refractivity contribution is 6.32. The molecule has 1 amide bonds. The SMILES string of the molecule is COC(=O)C(=O)N1CCOc2cc(C)ccc2C1. The van der Waals surface area contributed by atoms with Gasteiger partial charge in [0.15, 0.2) is 0 Å². The lowest BCUT2D eigenvalue weighted by molar-refractivity contribution is -0.158. The van der Waals surface area contributed by atoms with Gasteiger partial charge in [-0.2, -0.15) is 0 Å². The van der Waals surface area contributed by atoms with Gasteiger partial charge in [0.25, 0.3) is 0 Å². The Bertz CT molecular complexity index is 484. The summed E-state index contributed by atoms with van der Waals surface area (Å²) in [5.74, 6) is -0.699. The van der Waals surface area contributed by atoms with E-state index in [-0.39, 0.29) is 0 Å². The molecule has 0 saturated heterocycles. The summed E-state index contributed by atoms with van der Waals surface area (Å²) in [6, 6.07) is 5.79. The summed E-state index contributed by atoms with van der Waals surface area (Å²) in [5.41, 5.74) is 2.00. The van der Waals surface area contributed by atoms with Crippen molar-refractivity contribution in [3.63, 3.8) is 0 Å². The van der Waals surface area contributed by atoms with Crippen molar-refractivity contribution < 1.29 is 19.1 Å². The van der Waals surface area contributed by atoms with Crippen LogP contribution >= 0.6 is 0 Å². The predicted octanol–water partition coefficient (Wildman–Crippen LogP) is 0.889. The number of fused-ring (bicyclic) bond motifs is 1. The average Bonchev–Trinajstić information content (AvgIpc) is 2.58. The Labute approximate surface area is 105 Å². The van der Waals surface area contributed by atoms with Crippen molar-refractivity contribution in [2.75, 3.05) is 20.3 Å². The van der Waals surface area contributed by atoms with Crippen LogP contribution in [0.5, 0.6) is 5.75 Å². The Balaban J connectivity index is 2.21. The Kier molecular flexibility index (Phi) is 3.50. The fourth-order valence-electron chi connectivity index (χ4n) is 1.87. The van der Waals surface area contributed by atoms with Crippen molar-refractivity contribution >= 4 is 11.9 Å². The van der Waals surface area contributed by atoms with Crippen LogP contribution in [0.1, 0.15) is 11.1 Å². The number of ether oxygens (including phenoxy) is 2. The van der Waals surface area contributed by atoms with Gasteiger partial charge in [0.2, 0.25) is 0 Å². The van der Waals surface area contributed by atoms with Crippen molar-refractivity contribution in [2.24, 2.45) is 0 Å². The molecule has 1 aromatic rings. The third kappa shape index (κ3) is 2.45. The molecular weight excluding hydrogens is 234 g/mol. The number of esters is 1. The fourth-order valence-corrected chi connectivity index (χ4v) is 1.87. The topological polar surface area (TPSA) is 55.8 Å². The van der Waals surface area contributed by atoms with Crippen LogP contribution in [-0.2, 0) is 20.9 Å². The standard InChI is InChI=1S/C13H15NO4/c1-9-3-4-10-8-14(12(15)13(16)17-2)5-6-18-11(10)7-9/h3-4,7H,5-6,8H2,1-2H3. The van der Waals surface area contributed by atoms with E-state index in [2.05, 4.69) is 4.74 Å². The summed E-state index contributed by atoms with van der Waals surface area (Å²) in [7, 11) is 1.20. The molecule has 0 saturated carbocycles. The first kappa shape index (κ1) is 12.4. The minimum atomic E-state index is -0.842. The van der Waals surface area contributed by atoms with Crippen molar-refractivity contribution in [3.8, 4) is 5.75 Å². The highest BCUT2D eigenvalue weighted by atomic mass is 16.5. The number of rotatable bonds is 0. The number of carbonyl (C=O) groups is 2. The molecule has 18 heavy (non-hydrogen) atoms. The van der Waals surface area contributed by atoms with Gasteiger partial charge in [-0.15, -0.1) is 0 Å². The van der Waals surface area contributed by atoms with Crippen LogP contribution in [0.25, 0.3) is 0 Å². The number of hydrogen-bond donors (Lipinski definition) is 0. The van der Waals surface area contributed by atoms with Crippen LogP contribution in [0, 0.1) is 6.92 Å². The first-order chi connectivity index (χ1) is 8.61. The average molecular weight is 249 g/mol. The van der Waals surface area contributed by atoms with Crippen LogP contribution in [0.15, 0.2) is 18.2 Å². The number of carbonyl (C=O) groups excluding carboxylic acids is 2. The van der Waals surface area contributed by atoms with E-state index in [1.54, 1.807) is 0 Å². The Morgan fingerprint density at radius 1 is 1.39 bits per heavy atom. The molecule has 1 aromatic carbocycles. The Morgan fingerprint density at radius 2 is 2.17 bits per heavy atom. The number of amides is 1. The first-order valence-corrected chi connectivity index (χ1v) is 5.71. The molecule has 0 N–H and O–H groups in total. The van der Waals surface area contributed by atoms with Crippen molar-refractivity contribution in [3.05, 3.63) is 29.3 Å². The molecule has 96 valence electrons. The number of benzene rings is 1. The highest BCUT2D eigenvalue weighted by Crippen LogP contribution is 2.24. The van der Waals surface area contributed by atoms with Gasteiger partial charge in [0.1, 0.15) is 12.4 Å². The second-order valence-corrected chi connectivity index (χ2v) is 4.18. The van der Waals surface area contributed by atoms with E-state index in [9.17, 15) is 9.59 Å². The van der Waals surface area contributed by atoms with Gasteiger partial charge in [-0.25, -0.2) is 4.79 Å². The lowest BCUT2D eigenvalue weighted by atomic mass is 10.1. The summed E-state index contributed by atoms with van der Waals surface area (Å²) in [6.07, 6.45) is 0. The number of hydrogen-bond acceptors (Lipinski definition) is 4. The molecule has 0 atom stereocenters. The zero-order chi connectivity index (χ0) is 13.1. The van der Waals surface area contributed by atoms with Crippen LogP contribution in [0.3, 0.4) is 0 Å². The smallest absolute Gasteiger partial charge is 0.396 e. The van der Waals surface area contributed by atoms with Gasteiger partial charge >= 0.3 is 11.9 Å². The summed E-state index contributed by atoms with van der Waals surface area (Å²) >= 11 is 0. The van der Waals surface area contributed by atoms with E-state index in [0.717, 1.165) is 16.9 Å². The molecule has 0 aromatic heterocycles. The lowest BCUT2D eigenvalue weighted by Gasteiger charge is -2.17. The van der Waals surface area contributed by atoms with Gasteiger partial charge in [-0.05, 0) is 18.6 Å². The lowest BCUT2D eigenvalue weighted by Crippen LogP contribution is -2.38. The van der Waals surface area contributed by atoms with Gasteiger partial charge < -0.3 is 14.4 Å². The molecule has 2 rings (SSSR count).